The molecule has 134 valence electrons. The van der Waals surface area contributed by atoms with Gasteiger partial charge in [0.25, 0.3) is 5.56 Å². The van der Waals surface area contributed by atoms with Gasteiger partial charge in [-0.25, -0.2) is 9.97 Å². The van der Waals surface area contributed by atoms with Crippen molar-refractivity contribution in [3.05, 3.63) is 69.2 Å². The fraction of sp³-hybridized carbons (Fsp3) is 0.100. The number of pyridine rings is 1. The first-order valence-electron chi connectivity index (χ1n) is 8.23. The topological polar surface area (TPSA) is 85.1 Å². The van der Waals surface area contributed by atoms with Crippen molar-refractivity contribution in [3.63, 3.8) is 0 Å². The lowest BCUT2D eigenvalue weighted by Gasteiger charge is -2.13. The Kier molecular flexibility index (Phi) is 4.24. The molecule has 4 rings (SSSR count). The number of carboxylic acid groups (broad SMARTS) is 1. The predicted octanol–water partition coefficient (Wildman–Crippen LogP) is 3.77. The summed E-state index contributed by atoms with van der Waals surface area (Å²) < 4.78 is 2.12. The summed E-state index contributed by atoms with van der Waals surface area (Å²) in [4.78, 5) is 33.6. The molecule has 2 aromatic carbocycles. The predicted molar refractivity (Wildman–Crippen MR) is 107 cm³/mol. The van der Waals surface area contributed by atoms with E-state index in [0.717, 1.165) is 10.0 Å². The van der Waals surface area contributed by atoms with Gasteiger partial charge in [0.1, 0.15) is 17.9 Å². The summed E-state index contributed by atoms with van der Waals surface area (Å²) in [6.07, 6.45) is 0. The number of hydrogen-bond donors (Lipinski definition) is 1. The van der Waals surface area contributed by atoms with Gasteiger partial charge < -0.3 is 5.11 Å². The highest BCUT2D eigenvalue weighted by atomic mass is 79.9. The number of para-hydroxylation sites is 1. The van der Waals surface area contributed by atoms with Crippen molar-refractivity contribution in [2.75, 3.05) is 0 Å². The van der Waals surface area contributed by atoms with Crippen LogP contribution in [0.25, 0.3) is 33.1 Å². The van der Waals surface area contributed by atoms with Gasteiger partial charge in [-0.1, -0.05) is 46.3 Å². The summed E-state index contributed by atoms with van der Waals surface area (Å²) in [6, 6.07) is 14.9. The third kappa shape index (κ3) is 3.00. The Bertz CT molecular complexity index is 1260. The fourth-order valence-electron chi connectivity index (χ4n) is 3.16. The normalized spacial score (nSPS) is 11.2. The van der Waals surface area contributed by atoms with Gasteiger partial charge in [-0.05, 0) is 25.1 Å². The average molecular weight is 424 g/mol. The monoisotopic (exact) mass is 423 g/mol. The van der Waals surface area contributed by atoms with Crippen molar-refractivity contribution in [1.29, 1.82) is 0 Å². The van der Waals surface area contributed by atoms with Crippen LogP contribution in [0.5, 0.6) is 0 Å². The zero-order valence-corrected chi connectivity index (χ0v) is 15.9. The highest BCUT2D eigenvalue weighted by Gasteiger charge is 2.18. The number of fused-ring (bicyclic) bond motifs is 3. The molecule has 0 amide bonds. The van der Waals surface area contributed by atoms with E-state index in [4.69, 9.17) is 10.1 Å². The lowest BCUT2D eigenvalue weighted by molar-refractivity contribution is -0.137. The minimum Gasteiger partial charge on any atom is -0.480 e. The molecule has 6 nitrogen and oxygen atoms in total. The fourth-order valence-corrected chi connectivity index (χ4v) is 3.43. The molecule has 7 heteroatoms. The first-order valence-corrected chi connectivity index (χ1v) is 9.02. The molecule has 1 N–H and O–H groups in total. The lowest BCUT2D eigenvalue weighted by atomic mass is 10.0. The lowest BCUT2D eigenvalue weighted by Crippen LogP contribution is -2.27. The van der Waals surface area contributed by atoms with Crippen molar-refractivity contribution >= 4 is 43.7 Å². The van der Waals surface area contributed by atoms with Crippen molar-refractivity contribution in [3.8, 4) is 11.3 Å². The summed E-state index contributed by atoms with van der Waals surface area (Å²) in [7, 11) is 0. The van der Waals surface area contributed by atoms with E-state index in [2.05, 4.69) is 20.9 Å². The molecule has 0 saturated heterocycles. The van der Waals surface area contributed by atoms with E-state index < -0.39 is 12.5 Å². The molecule has 2 aromatic heterocycles. The van der Waals surface area contributed by atoms with Crippen LogP contribution in [-0.4, -0.2) is 25.6 Å². The number of carboxylic acids is 1. The molecule has 0 unspecified atom stereocenters. The summed E-state index contributed by atoms with van der Waals surface area (Å²) >= 11 is 3.42. The Labute approximate surface area is 162 Å². The van der Waals surface area contributed by atoms with Crippen LogP contribution in [0.4, 0.5) is 0 Å². The van der Waals surface area contributed by atoms with Crippen molar-refractivity contribution < 1.29 is 9.90 Å². The van der Waals surface area contributed by atoms with E-state index >= 15 is 0 Å². The number of benzene rings is 2. The van der Waals surface area contributed by atoms with Gasteiger partial charge in [-0.3, -0.25) is 14.2 Å². The van der Waals surface area contributed by atoms with E-state index in [1.54, 1.807) is 13.0 Å². The molecule has 0 spiro atoms. The standard InChI is InChI=1S/C20H14BrN3O3/c1-11-22-19-17(20(27)24(11)10-16(25)26)14-4-2-3-5-15(14)23-18(19)12-6-8-13(21)9-7-12/h2-9H,10H2,1H3,(H,25,26). The molecule has 0 fully saturated rings. The Morgan fingerprint density at radius 3 is 2.52 bits per heavy atom. The van der Waals surface area contributed by atoms with Crippen molar-refractivity contribution in [2.24, 2.45) is 0 Å². The maximum atomic E-state index is 13.2. The molecule has 0 aliphatic rings. The molecule has 0 saturated carbocycles. The van der Waals surface area contributed by atoms with Crippen LogP contribution < -0.4 is 5.56 Å². The van der Waals surface area contributed by atoms with Crippen LogP contribution in [0.3, 0.4) is 0 Å². The first-order chi connectivity index (χ1) is 13.0. The molecule has 27 heavy (non-hydrogen) atoms. The maximum absolute atomic E-state index is 13.2. The molecule has 0 radical (unpaired) electrons. The number of hydrogen-bond acceptors (Lipinski definition) is 4. The molecule has 4 aromatic rings. The van der Waals surface area contributed by atoms with Crippen molar-refractivity contribution in [2.45, 2.75) is 13.5 Å². The molecule has 0 bridgehead atoms. The molecular formula is C20H14BrN3O3. The number of carbonyl (C=O) groups is 1. The number of nitrogens with zero attached hydrogens (tertiary/aromatic N) is 3. The first kappa shape index (κ1) is 17.4. The van der Waals surface area contributed by atoms with Gasteiger partial charge in [-0.15, -0.1) is 0 Å². The largest absolute Gasteiger partial charge is 0.480 e. The van der Waals surface area contributed by atoms with Gasteiger partial charge in [0.2, 0.25) is 0 Å². The maximum Gasteiger partial charge on any atom is 0.323 e. The third-order valence-corrected chi connectivity index (χ3v) is 4.93. The summed E-state index contributed by atoms with van der Waals surface area (Å²) in [5.41, 5.74) is 2.18. The van der Waals surface area contributed by atoms with Gasteiger partial charge >= 0.3 is 5.97 Å². The number of aliphatic carboxylic acids is 1. The van der Waals surface area contributed by atoms with E-state index in [0.29, 0.717) is 33.3 Å². The second kappa shape index (κ2) is 6.59. The highest BCUT2D eigenvalue weighted by Crippen LogP contribution is 2.30. The van der Waals surface area contributed by atoms with E-state index in [-0.39, 0.29) is 5.56 Å². The van der Waals surface area contributed by atoms with Crippen LogP contribution in [-0.2, 0) is 11.3 Å². The zero-order chi connectivity index (χ0) is 19.1. The summed E-state index contributed by atoms with van der Waals surface area (Å²) in [5.74, 6) is -0.752. The van der Waals surface area contributed by atoms with Crippen LogP contribution in [0, 0.1) is 6.92 Å². The van der Waals surface area contributed by atoms with Crippen LogP contribution in [0.1, 0.15) is 5.82 Å². The molecule has 2 heterocycles. The van der Waals surface area contributed by atoms with Crippen LogP contribution in [0.15, 0.2) is 57.8 Å². The SMILES string of the molecule is Cc1nc2c(-c3ccc(Br)cc3)nc3ccccc3c2c(=O)n1CC(=O)O. The average Bonchev–Trinajstić information content (AvgIpc) is 2.64. The number of rotatable bonds is 3. The molecule has 0 aliphatic heterocycles. The molecular weight excluding hydrogens is 410 g/mol. The summed E-state index contributed by atoms with van der Waals surface area (Å²) in [6.45, 7) is 1.20. The quantitative estimate of drug-likeness (QED) is 0.507. The smallest absolute Gasteiger partial charge is 0.323 e. The number of aromatic nitrogens is 3. The summed E-state index contributed by atoms with van der Waals surface area (Å²) in [5, 5.41) is 10.2. The van der Waals surface area contributed by atoms with Crippen LogP contribution >= 0.6 is 15.9 Å². The third-order valence-electron chi connectivity index (χ3n) is 4.40. The van der Waals surface area contributed by atoms with E-state index in [1.807, 2.05) is 42.5 Å². The number of aryl methyl sites for hydroxylation is 1. The Morgan fingerprint density at radius 1 is 1.11 bits per heavy atom. The second-order valence-electron chi connectivity index (χ2n) is 6.15. The minimum atomic E-state index is -1.09. The van der Waals surface area contributed by atoms with Crippen molar-refractivity contribution in [1.82, 2.24) is 14.5 Å². The second-order valence-corrected chi connectivity index (χ2v) is 7.07. The zero-order valence-electron chi connectivity index (χ0n) is 14.3. The van der Waals surface area contributed by atoms with Gasteiger partial charge in [-0.2, -0.15) is 0 Å². The highest BCUT2D eigenvalue weighted by molar-refractivity contribution is 9.10. The van der Waals surface area contributed by atoms with E-state index in [9.17, 15) is 9.59 Å². The molecule has 0 aliphatic carbocycles. The van der Waals surface area contributed by atoms with Gasteiger partial charge in [0.15, 0.2) is 0 Å². The Balaban J connectivity index is 2.17. The molecule has 0 atom stereocenters. The van der Waals surface area contributed by atoms with Gasteiger partial charge in [0, 0.05) is 15.4 Å². The van der Waals surface area contributed by atoms with E-state index in [1.165, 1.54) is 4.57 Å². The Hall–Kier alpha value is -3.06. The number of halogens is 1. The Morgan fingerprint density at radius 2 is 1.81 bits per heavy atom. The van der Waals surface area contributed by atoms with Crippen LogP contribution in [0.2, 0.25) is 0 Å². The minimum absolute atomic E-state index is 0.338. The van der Waals surface area contributed by atoms with Gasteiger partial charge in [0.05, 0.1) is 16.6 Å².